The predicted molar refractivity (Wildman–Crippen MR) is 84.7 cm³/mol. The van der Waals surface area contributed by atoms with E-state index in [1.54, 1.807) is 0 Å². The number of hydrogen-bond donors (Lipinski definition) is 1. The lowest BCUT2D eigenvalue weighted by atomic mass is 9.96. The lowest BCUT2D eigenvalue weighted by molar-refractivity contribution is -0.156. The first-order chi connectivity index (χ1) is 10.1. The fourth-order valence-corrected chi connectivity index (χ4v) is 2.49. The number of carbonyl (C=O) groups is 2. The Balaban J connectivity index is 2.46. The Kier molecular flexibility index (Phi) is 6.23. The number of rotatable bonds is 4. The number of nitrogens with zero attached hydrogens (tertiary/aromatic N) is 1. The normalized spacial score (nSPS) is 17.9. The van der Waals surface area contributed by atoms with Crippen molar-refractivity contribution in [3.8, 4) is 0 Å². The van der Waals surface area contributed by atoms with Gasteiger partial charge in [0, 0.05) is 19.1 Å². The predicted octanol–water partition coefficient (Wildman–Crippen LogP) is 2.32. The minimum absolute atomic E-state index is 0.0871. The number of alkyl carbamates (subject to hydrolysis) is 1. The summed E-state index contributed by atoms with van der Waals surface area (Å²) in [5.74, 6) is -0.200. The molecule has 128 valence electrons. The summed E-state index contributed by atoms with van der Waals surface area (Å²) in [6, 6.07) is 0.0871. The van der Waals surface area contributed by atoms with E-state index in [-0.39, 0.29) is 18.1 Å². The first-order valence-electron chi connectivity index (χ1n) is 7.98. The van der Waals surface area contributed by atoms with Crippen molar-refractivity contribution >= 4 is 12.1 Å². The second-order valence-electron chi connectivity index (χ2n) is 7.19. The van der Waals surface area contributed by atoms with Crippen LogP contribution in [0.3, 0.4) is 0 Å². The number of ether oxygens (including phenoxy) is 2. The van der Waals surface area contributed by atoms with Gasteiger partial charge in [0.05, 0.1) is 6.61 Å². The molecule has 0 aromatic rings. The monoisotopic (exact) mass is 314 g/mol. The molecule has 0 unspecified atom stereocenters. The van der Waals surface area contributed by atoms with E-state index in [1.165, 1.54) is 0 Å². The van der Waals surface area contributed by atoms with Crippen LogP contribution in [0.15, 0.2) is 0 Å². The number of likely N-dealkylation sites (tertiary alicyclic amines) is 1. The van der Waals surface area contributed by atoms with Gasteiger partial charge < -0.3 is 14.8 Å². The highest BCUT2D eigenvalue weighted by Gasteiger charge is 2.38. The highest BCUT2D eigenvalue weighted by Crippen LogP contribution is 2.22. The van der Waals surface area contributed by atoms with Gasteiger partial charge in [-0.3, -0.25) is 9.69 Å². The number of amides is 1. The molecule has 1 amide bonds. The summed E-state index contributed by atoms with van der Waals surface area (Å²) >= 11 is 0. The molecule has 1 heterocycles. The summed E-state index contributed by atoms with van der Waals surface area (Å²) < 4.78 is 10.4. The number of esters is 1. The van der Waals surface area contributed by atoms with Gasteiger partial charge in [-0.15, -0.1) is 0 Å². The zero-order valence-corrected chi connectivity index (χ0v) is 14.7. The Labute approximate surface area is 133 Å². The maximum absolute atomic E-state index is 12.0. The molecule has 1 aliphatic heterocycles. The van der Waals surface area contributed by atoms with E-state index in [2.05, 4.69) is 10.2 Å². The lowest BCUT2D eigenvalue weighted by Gasteiger charge is -2.41. The van der Waals surface area contributed by atoms with Gasteiger partial charge in [0.2, 0.25) is 0 Å². The van der Waals surface area contributed by atoms with Gasteiger partial charge >= 0.3 is 12.1 Å². The van der Waals surface area contributed by atoms with E-state index >= 15 is 0 Å². The molecule has 0 aromatic carbocycles. The minimum atomic E-state index is -0.632. The van der Waals surface area contributed by atoms with Gasteiger partial charge in [0.1, 0.15) is 11.1 Å². The van der Waals surface area contributed by atoms with Crippen LogP contribution in [0.25, 0.3) is 0 Å². The Morgan fingerprint density at radius 2 is 1.68 bits per heavy atom. The zero-order chi connectivity index (χ0) is 17.0. The third-order valence-electron chi connectivity index (χ3n) is 3.78. The zero-order valence-electron chi connectivity index (χ0n) is 14.7. The van der Waals surface area contributed by atoms with Crippen LogP contribution in [0.2, 0.25) is 0 Å². The fourth-order valence-electron chi connectivity index (χ4n) is 2.49. The Morgan fingerprint density at radius 3 is 2.14 bits per heavy atom. The molecule has 0 aliphatic carbocycles. The molecule has 1 saturated heterocycles. The third kappa shape index (κ3) is 5.48. The first-order valence-corrected chi connectivity index (χ1v) is 7.98. The average molecular weight is 314 g/mol. The van der Waals surface area contributed by atoms with E-state index in [0.717, 1.165) is 25.9 Å². The van der Waals surface area contributed by atoms with E-state index in [1.807, 2.05) is 41.5 Å². The molecule has 1 rings (SSSR count). The molecule has 1 fully saturated rings. The SMILES string of the molecule is CCOC(=O)C(C)(C)N1CCC(NC(=O)OC(C)(C)C)CC1. The van der Waals surface area contributed by atoms with Crippen molar-refractivity contribution in [2.75, 3.05) is 19.7 Å². The van der Waals surface area contributed by atoms with Gasteiger partial charge in [-0.25, -0.2) is 4.79 Å². The molecule has 0 saturated carbocycles. The summed E-state index contributed by atoms with van der Waals surface area (Å²) in [5, 5.41) is 2.90. The van der Waals surface area contributed by atoms with Crippen molar-refractivity contribution in [2.45, 2.75) is 71.6 Å². The summed E-state index contributed by atoms with van der Waals surface area (Å²) in [6.07, 6.45) is 1.21. The Hall–Kier alpha value is -1.30. The molecule has 6 heteroatoms. The second kappa shape index (κ2) is 7.31. The molecule has 22 heavy (non-hydrogen) atoms. The molecule has 0 radical (unpaired) electrons. The van der Waals surface area contributed by atoms with Gasteiger partial charge in [-0.1, -0.05) is 0 Å². The molecule has 0 atom stereocenters. The van der Waals surface area contributed by atoms with Crippen LogP contribution in [-0.2, 0) is 14.3 Å². The molecular formula is C16H30N2O4. The molecule has 0 spiro atoms. The topological polar surface area (TPSA) is 67.9 Å². The van der Waals surface area contributed by atoms with Crippen LogP contribution in [0.1, 0.15) is 54.4 Å². The van der Waals surface area contributed by atoms with Crippen LogP contribution in [-0.4, -0.2) is 53.8 Å². The second-order valence-corrected chi connectivity index (χ2v) is 7.19. The highest BCUT2D eigenvalue weighted by molar-refractivity contribution is 5.79. The van der Waals surface area contributed by atoms with Gasteiger partial charge in [-0.2, -0.15) is 0 Å². The van der Waals surface area contributed by atoms with E-state index in [9.17, 15) is 9.59 Å². The molecule has 1 aliphatic rings. The average Bonchev–Trinajstić information content (AvgIpc) is 2.37. The van der Waals surface area contributed by atoms with Crippen molar-refractivity contribution in [1.29, 1.82) is 0 Å². The molecule has 1 N–H and O–H groups in total. The maximum Gasteiger partial charge on any atom is 0.407 e. The van der Waals surface area contributed by atoms with Gasteiger partial charge in [0.25, 0.3) is 0 Å². The van der Waals surface area contributed by atoms with Crippen LogP contribution in [0.5, 0.6) is 0 Å². The number of nitrogens with one attached hydrogen (secondary N) is 1. The third-order valence-corrected chi connectivity index (χ3v) is 3.78. The Bertz CT molecular complexity index is 393. The van der Waals surface area contributed by atoms with Gasteiger partial charge in [-0.05, 0) is 54.4 Å². The number of carbonyl (C=O) groups excluding carboxylic acids is 2. The standard InChI is InChI=1S/C16H30N2O4/c1-7-21-13(19)16(5,6)18-10-8-12(9-11-18)17-14(20)22-15(2,3)4/h12H,7-11H2,1-6H3,(H,17,20). The van der Waals surface area contributed by atoms with Crippen molar-refractivity contribution in [3.05, 3.63) is 0 Å². The van der Waals surface area contributed by atoms with Crippen LogP contribution in [0, 0.1) is 0 Å². The minimum Gasteiger partial charge on any atom is -0.465 e. The number of hydrogen-bond acceptors (Lipinski definition) is 5. The largest absolute Gasteiger partial charge is 0.465 e. The quantitative estimate of drug-likeness (QED) is 0.807. The molecule has 0 aromatic heterocycles. The molecule has 0 bridgehead atoms. The van der Waals surface area contributed by atoms with E-state index in [0.29, 0.717) is 6.61 Å². The van der Waals surface area contributed by atoms with E-state index in [4.69, 9.17) is 9.47 Å². The molecular weight excluding hydrogens is 284 g/mol. The smallest absolute Gasteiger partial charge is 0.407 e. The summed E-state index contributed by atoms with van der Waals surface area (Å²) in [7, 11) is 0. The summed E-state index contributed by atoms with van der Waals surface area (Å²) in [6.45, 7) is 13.0. The molecule has 6 nitrogen and oxygen atoms in total. The lowest BCUT2D eigenvalue weighted by Crippen LogP contribution is -2.56. The number of piperidine rings is 1. The van der Waals surface area contributed by atoms with Crippen LogP contribution >= 0.6 is 0 Å². The van der Waals surface area contributed by atoms with Crippen molar-refractivity contribution in [3.63, 3.8) is 0 Å². The van der Waals surface area contributed by atoms with Crippen molar-refractivity contribution in [1.82, 2.24) is 10.2 Å². The first kappa shape index (κ1) is 18.7. The van der Waals surface area contributed by atoms with Crippen molar-refractivity contribution < 1.29 is 19.1 Å². The fraction of sp³-hybridized carbons (Fsp3) is 0.875. The summed E-state index contributed by atoms with van der Waals surface area (Å²) in [4.78, 5) is 25.9. The summed E-state index contributed by atoms with van der Waals surface area (Å²) in [5.41, 5.74) is -1.12. The van der Waals surface area contributed by atoms with Crippen LogP contribution < -0.4 is 5.32 Å². The van der Waals surface area contributed by atoms with Gasteiger partial charge in [0.15, 0.2) is 0 Å². The highest BCUT2D eigenvalue weighted by atomic mass is 16.6. The van der Waals surface area contributed by atoms with E-state index < -0.39 is 11.1 Å². The maximum atomic E-state index is 12.0. The Morgan fingerprint density at radius 1 is 1.14 bits per heavy atom. The van der Waals surface area contributed by atoms with Crippen molar-refractivity contribution in [2.24, 2.45) is 0 Å². The van der Waals surface area contributed by atoms with Crippen LogP contribution in [0.4, 0.5) is 4.79 Å².